The maximum absolute atomic E-state index is 13.2. The molecule has 7 nitrogen and oxygen atoms in total. The number of nitrogens with zero attached hydrogens (tertiary/aromatic N) is 2. The minimum atomic E-state index is -0.488. The van der Waals surface area contributed by atoms with Crippen LogP contribution in [0.3, 0.4) is 0 Å². The molecule has 0 saturated carbocycles. The first kappa shape index (κ1) is 14.9. The normalized spacial score (nSPS) is 10.9. The average Bonchev–Trinajstić information content (AvgIpc) is 2.91. The number of fused-ring (bicyclic) bond motifs is 1. The van der Waals surface area contributed by atoms with Crippen molar-refractivity contribution in [3.63, 3.8) is 0 Å². The second kappa shape index (κ2) is 5.99. The second-order valence-electron chi connectivity index (χ2n) is 4.97. The summed E-state index contributed by atoms with van der Waals surface area (Å²) in [6.07, 6.45) is 0.402. The molecule has 0 bridgehead atoms. The molecule has 118 valence electrons. The van der Waals surface area contributed by atoms with Crippen molar-refractivity contribution in [2.45, 2.75) is 13.3 Å². The van der Waals surface area contributed by atoms with E-state index in [1.54, 1.807) is 6.92 Å². The maximum Gasteiger partial charge on any atom is 0.252 e. The van der Waals surface area contributed by atoms with Gasteiger partial charge in [0.25, 0.3) is 5.91 Å². The SMILES string of the molecule is Cc1nc(CCNC(=O)c2cc(=O)[nH]c3cc(F)ccc23)no1. The molecule has 0 aliphatic rings. The van der Waals surface area contributed by atoms with Crippen LogP contribution in [0.25, 0.3) is 10.9 Å². The van der Waals surface area contributed by atoms with Crippen molar-refractivity contribution in [2.24, 2.45) is 0 Å². The molecular formula is C15H13FN4O3. The van der Waals surface area contributed by atoms with Gasteiger partial charge in [-0.15, -0.1) is 0 Å². The number of amides is 1. The zero-order valence-electron chi connectivity index (χ0n) is 12.2. The monoisotopic (exact) mass is 316 g/mol. The molecule has 1 aromatic carbocycles. The van der Waals surface area contributed by atoms with Gasteiger partial charge in [0.1, 0.15) is 5.82 Å². The predicted molar refractivity (Wildman–Crippen MR) is 79.6 cm³/mol. The molecule has 23 heavy (non-hydrogen) atoms. The minimum absolute atomic E-state index is 0.188. The minimum Gasteiger partial charge on any atom is -0.352 e. The van der Waals surface area contributed by atoms with Gasteiger partial charge in [0.05, 0.1) is 11.1 Å². The number of hydrogen-bond acceptors (Lipinski definition) is 5. The van der Waals surface area contributed by atoms with Gasteiger partial charge in [0, 0.05) is 31.3 Å². The molecule has 2 heterocycles. The Morgan fingerprint density at radius 3 is 2.96 bits per heavy atom. The number of aryl methyl sites for hydroxylation is 1. The number of carbonyl (C=O) groups is 1. The van der Waals surface area contributed by atoms with E-state index in [0.717, 1.165) is 0 Å². The van der Waals surface area contributed by atoms with Crippen LogP contribution in [0.1, 0.15) is 22.1 Å². The van der Waals surface area contributed by atoms with Gasteiger partial charge in [0.2, 0.25) is 11.4 Å². The van der Waals surface area contributed by atoms with Gasteiger partial charge in [-0.3, -0.25) is 9.59 Å². The summed E-state index contributed by atoms with van der Waals surface area (Å²) in [6, 6.07) is 5.06. The third-order valence-corrected chi connectivity index (χ3v) is 3.25. The second-order valence-corrected chi connectivity index (χ2v) is 4.97. The topological polar surface area (TPSA) is 101 Å². The number of nitrogens with one attached hydrogen (secondary N) is 2. The highest BCUT2D eigenvalue weighted by molar-refractivity contribution is 6.05. The van der Waals surface area contributed by atoms with Crippen molar-refractivity contribution in [1.29, 1.82) is 0 Å². The quantitative estimate of drug-likeness (QED) is 0.756. The number of halogens is 1. The zero-order valence-corrected chi connectivity index (χ0v) is 12.2. The van der Waals surface area contributed by atoms with Crippen LogP contribution in [0.4, 0.5) is 4.39 Å². The van der Waals surface area contributed by atoms with Crippen LogP contribution in [0.2, 0.25) is 0 Å². The van der Waals surface area contributed by atoms with Gasteiger partial charge in [0.15, 0.2) is 5.82 Å². The molecule has 0 radical (unpaired) electrons. The summed E-state index contributed by atoms with van der Waals surface area (Å²) in [5, 5.41) is 6.88. The van der Waals surface area contributed by atoms with Gasteiger partial charge in [-0.05, 0) is 18.2 Å². The first-order valence-corrected chi connectivity index (χ1v) is 6.93. The fourth-order valence-electron chi connectivity index (χ4n) is 2.25. The van der Waals surface area contributed by atoms with E-state index in [9.17, 15) is 14.0 Å². The number of benzene rings is 1. The van der Waals surface area contributed by atoms with Crippen molar-refractivity contribution in [1.82, 2.24) is 20.4 Å². The Bertz CT molecular complexity index is 932. The van der Waals surface area contributed by atoms with Crippen LogP contribution in [-0.4, -0.2) is 27.6 Å². The molecule has 2 aromatic heterocycles. The van der Waals surface area contributed by atoms with Crippen molar-refractivity contribution in [3.05, 3.63) is 57.7 Å². The molecule has 0 spiro atoms. The number of aromatic amines is 1. The summed E-state index contributed by atoms with van der Waals surface area (Å²) in [4.78, 5) is 30.4. The Morgan fingerprint density at radius 1 is 1.39 bits per heavy atom. The van der Waals surface area contributed by atoms with Gasteiger partial charge in [-0.2, -0.15) is 4.98 Å². The highest BCUT2D eigenvalue weighted by Crippen LogP contribution is 2.16. The van der Waals surface area contributed by atoms with E-state index < -0.39 is 17.3 Å². The predicted octanol–water partition coefficient (Wildman–Crippen LogP) is 1.33. The lowest BCUT2D eigenvalue weighted by Gasteiger charge is -2.07. The summed E-state index contributed by atoms with van der Waals surface area (Å²) < 4.78 is 18.1. The molecule has 3 aromatic rings. The Morgan fingerprint density at radius 2 is 2.22 bits per heavy atom. The lowest BCUT2D eigenvalue weighted by atomic mass is 10.1. The first-order valence-electron chi connectivity index (χ1n) is 6.93. The summed E-state index contributed by atoms with van der Waals surface area (Å²) >= 11 is 0. The Balaban J connectivity index is 1.79. The van der Waals surface area contributed by atoms with Crippen LogP contribution in [0.15, 0.2) is 33.6 Å². The molecule has 2 N–H and O–H groups in total. The summed E-state index contributed by atoms with van der Waals surface area (Å²) in [5.74, 6) is 0.0284. The van der Waals surface area contributed by atoms with E-state index >= 15 is 0 Å². The molecule has 0 aliphatic heterocycles. The largest absolute Gasteiger partial charge is 0.352 e. The van der Waals surface area contributed by atoms with Gasteiger partial charge in [-0.1, -0.05) is 5.16 Å². The maximum atomic E-state index is 13.2. The van der Waals surface area contributed by atoms with Gasteiger partial charge in [-0.25, -0.2) is 4.39 Å². The van der Waals surface area contributed by atoms with Crippen molar-refractivity contribution in [2.75, 3.05) is 6.54 Å². The van der Waals surface area contributed by atoms with E-state index in [4.69, 9.17) is 4.52 Å². The average molecular weight is 316 g/mol. The van der Waals surface area contributed by atoms with E-state index in [2.05, 4.69) is 20.4 Å². The van der Waals surface area contributed by atoms with Crippen LogP contribution >= 0.6 is 0 Å². The smallest absolute Gasteiger partial charge is 0.252 e. The zero-order chi connectivity index (χ0) is 16.4. The summed E-state index contributed by atoms with van der Waals surface area (Å²) in [5.41, 5.74) is -0.00784. The van der Waals surface area contributed by atoms with Crippen LogP contribution in [-0.2, 0) is 6.42 Å². The molecule has 1 amide bonds. The lowest BCUT2D eigenvalue weighted by Crippen LogP contribution is -2.27. The molecule has 3 rings (SSSR count). The third kappa shape index (κ3) is 3.25. The molecule has 0 fully saturated rings. The standard InChI is InChI=1S/C15H13FN4O3/c1-8-18-13(20-23-8)4-5-17-15(22)11-7-14(21)19-12-6-9(16)2-3-10(11)12/h2-3,6-7H,4-5H2,1H3,(H,17,22)(H,19,21). The van der Waals surface area contributed by atoms with E-state index in [0.29, 0.717) is 23.5 Å². The van der Waals surface area contributed by atoms with Gasteiger partial charge < -0.3 is 14.8 Å². The first-order chi connectivity index (χ1) is 11.0. The summed E-state index contributed by atoms with van der Waals surface area (Å²) in [6.45, 7) is 1.96. The fourth-order valence-corrected chi connectivity index (χ4v) is 2.25. The number of pyridine rings is 1. The molecule has 0 aliphatic carbocycles. The number of aromatic nitrogens is 3. The number of H-pyrrole nitrogens is 1. The van der Waals surface area contributed by atoms with Crippen LogP contribution in [0, 0.1) is 12.7 Å². The van der Waals surface area contributed by atoms with Crippen molar-refractivity contribution < 1.29 is 13.7 Å². The van der Waals surface area contributed by atoms with Crippen LogP contribution in [0.5, 0.6) is 0 Å². The molecular weight excluding hydrogens is 303 g/mol. The highest BCUT2D eigenvalue weighted by atomic mass is 19.1. The Hall–Kier alpha value is -3.03. The molecule has 8 heteroatoms. The molecule has 0 atom stereocenters. The van der Waals surface area contributed by atoms with E-state index in [1.165, 1.54) is 24.3 Å². The van der Waals surface area contributed by atoms with E-state index in [-0.39, 0.29) is 17.6 Å². The molecule has 0 unspecified atom stereocenters. The fraction of sp³-hybridized carbons (Fsp3) is 0.200. The third-order valence-electron chi connectivity index (χ3n) is 3.25. The Labute approximate surface area is 129 Å². The molecule has 0 saturated heterocycles. The van der Waals surface area contributed by atoms with Gasteiger partial charge >= 0.3 is 0 Å². The van der Waals surface area contributed by atoms with Crippen molar-refractivity contribution in [3.8, 4) is 0 Å². The highest BCUT2D eigenvalue weighted by Gasteiger charge is 2.12. The summed E-state index contributed by atoms with van der Waals surface area (Å²) in [7, 11) is 0. The van der Waals surface area contributed by atoms with E-state index in [1.807, 2.05) is 0 Å². The number of carbonyl (C=O) groups excluding carboxylic acids is 1. The lowest BCUT2D eigenvalue weighted by molar-refractivity contribution is 0.0955. The Kier molecular flexibility index (Phi) is 3.88. The van der Waals surface area contributed by atoms with Crippen molar-refractivity contribution >= 4 is 16.8 Å². The number of rotatable bonds is 4. The van der Waals surface area contributed by atoms with Crippen LogP contribution < -0.4 is 10.9 Å². The number of hydrogen-bond donors (Lipinski definition) is 2.